The van der Waals surface area contributed by atoms with Crippen molar-refractivity contribution in [1.29, 1.82) is 0 Å². The SMILES string of the molecule is Cc1nc(-c2ccc(F)cn2)nc(C)c1CC(C)C(=O)O. The van der Waals surface area contributed by atoms with Crippen molar-refractivity contribution in [3.63, 3.8) is 0 Å². The van der Waals surface area contributed by atoms with Crippen molar-refractivity contribution in [2.24, 2.45) is 5.92 Å². The lowest BCUT2D eigenvalue weighted by molar-refractivity contribution is -0.141. The number of hydrogen-bond acceptors (Lipinski definition) is 4. The zero-order valence-corrected chi connectivity index (χ0v) is 12.1. The van der Waals surface area contributed by atoms with Crippen LogP contribution in [0.5, 0.6) is 0 Å². The molecule has 2 heterocycles. The monoisotopic (exact) mass is 289 g/mol. The van der Waals surface area contributed by atoms with Gasteiger partial charge < -0.3 is 5.11 Å². The highest BCUT2D eigenvalue weighted by molar-refractivity contribution is 5.70. The number of rotatable bonds is 4. The van der Waals surface area contributed by atoms with Gasteiger partial charge >= 0.3 is 5.97 Å². The molecule has 1 N–H and O–H groups in total. The first-order valence-corrected chi connectivity index (χ1v) is 6.57. The number of pyridine rings is 1. The molecule has 1 atom stereocenters. The first-order chi connectivity index (χ1) is 9.88. The molecule has 0 aliphatic heterocycles. The van der Waals surface area contributed by atoms with Crippen LogP contribution in [0.2, 0.25) is 0 Å². The van der Waals surface area contributed by atoms with Crippen LogP contribution in [-0.4, -0.2) is 26.0 Å². The molecule has 5 nitrogen and oxygen atoms in total. The summed E-state index contributed by atoms with van der Waals surface area (Å²) in [4.78, 5) is 23.6. The lowest BCUT2D eigenvalue weighted by Crippen LogP contribution is -2.15. The van der Waals surface area contributed by atoms with Crippen LogP contribution in [-0.2, 0) is 11.2 Å². The Morgan fingerprint density at radius 1 is 1.29 bits per heavy atom. The first-order valence-electron chi connectivity index (χ1n) is 6.57. The topological polar surface area (TPSA) is 76.0 Å². The third kappa shape index (κ3) is 3.39. The molecule has 2 rings (SSSR count). The van der Waals surface area contributed by atoms with Crippen LogP contribution in [0.4, 0.5) is 4.39 Å². The van der Waals surface area contributed by atoms with Gasteiger partial charge in [-0.15, -0.1) is 0 Å². The molecular weight excluding hydrogens is 273 g/mol. The predicted molar refractivity (Wildman–Crippen MR) is 75.2 cm³/mol. The molecule has 6 heteroatoms. The molecule has 0 aliphatic rings. The summed E-state index contributed by atoms with van der Waals surface area (Å²) >= 11 is 0. The number of halogens is 1. The largest absolute Gasteiger partial charge is 0.481 e. The fourth-order valence-corrected chi connectivity index (χ4v) is 2.05. The number of aliphatic carboxylic acids is 1. The third-order valence-corrected chi connectivity index (χ3v) is 3.31. The maximum Gasteiger partial charge on any atom is 0.306 e. The van der Waals surface area contributed by atoms with Crippen molar-refractivity contribution in [3.8, 4) is 11.5 Å². The van der Waals surface area contributed by atoms with Gasteiger partial charge in [-0.2, -0.15) is 0 Å². The van der Waals surface area contributed by atoms with Gasteiger partial charge in [0, 0.05) is 11.4 Å². The van der Waals surface area contributed by atoms with Crippen LogP contribution < -0.4 is 0 Å². The molecule has 0 saturated heterocycles. The Labute approximate surface area is 121 Å². The molecular formula is C15H16FN3O2. The van der Waals surface area contributed by atoms with Gasteiger partial charge in [0.15, 0.2) is 5.82 Å². The fraction of sp³-hybridized carbons (Fsp3) is 0.333. The van der Waals surface area contributed by atoms with Gasteiger partial charge in [-0.3, -0.25) is 4.79 Å². The van der Waals surface area contributed by atoms with Crippen molar-refractivity contribution >= 4 is 5.97 Å². The van der Waals surface area contributed by atoms with Crippen LogP contribution in [0.3, 0.4) is 0 Å². The van der Waals surface area contributed by atoms with Crippen LogP contribution >= 0.6 is 0 Å². The van der Waals surface area contributed by atoms with Crippen molar-refractivity contribution in [2.45, 2.75) is 27.2 Å². The summed E-state index contributed by atoms with van der Waals surface area (Å²) in [5.74, 6) is -1.35. The van der Waals surface area contributed by atoms with Gasteiger partial charge in [-0.05, 0) is 38.0 Å². The molecule has 2 aromatic rings. The highest BCUT2D eigenvalue weighted by Gasteiger charge is 2.17. The van der Waals surface area contributed by atoms with Gasteiger partial charge in [0.1, 0.15) is 11.5 Å². The molecule has 21 heavy (non-hydrogen) atoms. The molecule has 0 fully saturated rings. The molecule has 0 radical (unpaired) electrons. The normalized spacial score (nSPS) is 12.2. The van der Waals surface area contributed by atoms with E-state index in [0.717, 1.165) is 23.1 Å². The van der Waals surface area contributed by atoms with Crippen LogP contribution in [0.1, 0.15) is 23.9 Å². The maximum atomic E-state index is 12.9. The predicted octanol–water partition coefficient (Wildman–Crippen LogP) is 2.56. The highest BCUT2D eigenvalue weighted by atomic mass is 19.1. The van der Waals surface area contributed by atoms with Gasteiger partial charge in [0.2, 0.25) is 0 Å². The summed E-state index contributed by atoms with van der Waals surface area (Å²) in [5, 5.41) is 9.00. The Bertz CT molecular complexity index is 648. The summed E-state index contributed by atoms with van der Waals surface area (Å²) in [7, 11) is 0. The third-order valence-electron chi connectivity index (χ3n) is 3.31. The minimum absolute atomic E-state index is 0.379. The van der Waals surface area contributed by atoms with E-state index in [1.165, 1.54) is 12.1 Å². The number of carboxylic acid groups (broad SMARTS) is 1. The van der Waals surface area contributed by atoms with E-state index in [1.807, 2.05) is 13.8 Å². The average Bonchev–Trinajstić information content (AvgIpc) is 2.43. The van der Waals surface area contributed by atoms with Crippen molar-refractivity contribution < 1.29 is 14.3 Å². The summed E-state index contributed by atoms with van der Waals surface area (Å²) in [5.41, 5.74) is 2.75. The zero-order valence-electron chi connectivity index (χ0n) is 12.1. The standard InChI is InChI=1S/C15H16FN3O2/c1-8(15(20)21)6-12-9(2)18-14(19-10(12)3)13-5-4-11(16)7-17-13/h4-5,7-8H,6H2,1-3H3,(H,20,21). The van der Waals surface area contributed by atoms with E-state index >= 15 is 0 Å². The minimum Gasteiger partial charge on any atom is -0.481 e. The lowest BCUT2D eigenvalue weighted by atomic mass is 9.99. The van der Waals surface area contributed by atoms with E-state index in [0.29, 0.717) is 17.9 Å². The highest BCUT2D eigenvalue weighted by Crippen LogP contribution is 2.20. The first kappa shape index (κ1) is 15.0. The second kappa shape index (κ2) is 5.95. The summed E-state index contributed by atoms with van der Waals surface area (Å²) in [6.07, 6.45) is 1.49. The number of carboxylic acids is 1. The van der Waals surface area contributed by atoms with E-state index in [9.17, 15) is 9.18 Å². The lowest BCUT2D eigenvalue weighted by Gasteiger charge is -2.12. The van der Waals surface area contributed by atoms with E-state index < -0.39 is 17.7 Å². The van der Waals surface area contributed by atoms with E-state index in [-0.39, 0.29) is 0 Å². The molecule has 110 valence electrons. The maximum absolute atomic E-state index is 12.9. The number of nitrogens with zero attached hydrogens (tertiary/aromatic N) is 3. The number of aryl methyl sites for hydroxylation is 2. The van der Waals surface area contributed by atoms with Gasteiger partial charge in [0.25, 0.3) is 0 Å². The second-order valence-corrected chi connectivity index (χ2v) is 5.00. The smallest absolute Gasteiger partial charge is 0.306 e. The van der Waals surface area contributed by atoms with Gasteiger partial charge in [-0.25, -0.2) is 19.3 Å². The number of hydrogen-bond donors (Lipinski definition) is 1. The fourth-order valence-electron chi connectivity index (χ4n) is 2.05. The second-order valence-electron chi connectivity index (χ2n) is 5.00. The minimum atomic E-state index is -0.849. The van der Waals surface area contributed by atoms with Crippen LogP contribution in [0.15, 0.2) is 18.3 Å². The van der Waals surface area contributed by atoms with E-state index in [1.54, 1.807) is 6.92 Å². The molecule has 0 amide bonds. The Hall–Kier alpha value is -2.37. The molecule has 0 saturated carbocycles. The van der Waals surface area contributed by atoms with E-state index in [4.69, 9.17) is 5.11 Å². The molecule has 2 aromatic heterocycles. The summed E-state index contributed by atoms with van der Waals surface area (Å²) in [6, 6.07) is 2.82. The zero-order chi connectivity index (χ0) is 15.6. The van der Waals surface area contributed by atoms with Gasteiger partial charge in [-0.1, -0.05) is 6.92 Å². The van der Waals surface area contributed by atoms with Crippen molar-refractivity contribution in [1.82, 2.24) is 15.0 Å². The van der Waals surface area contributed by atoms with Crippen molar-refractivity contribution in [2.75, 3.05) is 0 Å². The Morgan fingerprint density at radius 3 is 2.38 bits per heavy atom. The molecule has 0 aromatic carbocycles. The van der Waals surface area contributed by atoms with Crippen LogP contribution in [0, 0.1) is 25.6 Å². The summed E-state index contributed by atoms with van der Waals surface area (Å²) in [6.45, 7) is 5.27. The molecule has 1 unspecified atom stereocenters. The number of aromatic nitrogens is 3. The molecule has 0 spiro atoms. The Morgan fingerprint density at radius 2 is 1.90 bits per heavy atom. The van der Waals surface area contributed by atoms with Crippen molar-refractivity contribution in [3.05, 3.63) is 41.1 Å². The quantitative estimate of drug-likeness (QED) is 0.936. The Balaban J connectivity index is 2.37. The molecule has 0 bridgehead atoms. The average molecular weight is 289 g/mol. The van der Waals surface area contributed by atoms with Crippen LogP contribution in [0.25, 0.3) is 11.5 Å². The van der Waals surface area contributed by atoms with Gasteiger partial charge in [0.05, 0.1) is 12.1 Å². The molecule has 0 aliphatic carbocycles. The summed E-state index contributed by atoms with van der Waals surface area (Å²) < 4.78 is 12.9. The Kier molecular flexibility index (Phi) is 4.26. The number of carbonyl (C=O) groups is 1. The van der Waals surface area contributed by atoms with E-state index in [2.05, 4.69) is 15.0 Å².